The van der Waals surface area contributed by atoms with Crippen LogP contribution in [0.25, 0.3) is 5.95 Å². The predicted molar refractivity (Wildman–Crippen MR) is 74.9 cm³/mol. The average Bonchev–Trinajstić information content (AvgIpc) is 2.99. The molecular weight excluding hydrogens is 280 g/mol. The SMILES string of the molecule is CCNc1nc(SCC(O)CO)nc(-n2cccn2)n1. The first-order valence-corrected chi connectivity index (χ1v) is 7.13. The van der Waals surface area contributed by atoms with E-state index in [1.54, 1.807) is 18.5 Å². The van der Waals surface area contributed by atoms with Crippen molar-refractivity contribution in [3.8, 4) is 5.95 Å². The van der Waals surface area contributed by atoms with Crippen molar-refractivity contribution in [2.24, 2.45) is 0 Å². The second-order valence-electron chi connectivity index (χ2n) is 3.87. The molecule has 0 aromatic carbocycles. The quantitative estimate of drug-likeness (QED) is 0.609. The fourth-order valence-electron chi connectivity index (χ4n) is 1.36. The molecule has 2 heterocycles. The Kier molecular flexibility index (Phi) is 5.27. The molecule has 3 N–H and O–H groups in total. The van der Waals surface area contributed by atoms with Crippen molar-refractivity contribution < 1.29 is 10.2 Å². The van der Waals surface area contributed by atoms with Crippen LogP contribution in [-0.2, 0) is 0 Å². The molecular formula is C11H16N6O2S. The van der Waals surface area contributed by atoms with Crippen LogP contribution in [0.2, 0.25) is 0 Å². The Balaban J connectivity index is 2.22. The van der Waals surface area contributed by atoms with E-state index < -0.39 is 6.10 Å². The van der Waals surface area contributed by atoms with Crippen molar-refractivity contribution in [2.45, 2.75) is 18.2 Å². The van der Waals surface area contributed by atoms with Gasteiger partial charge in [0.15, 0.2) is 5.16 Å². The number of rotatable bonds is 7. The minimum Gasteiger partial charge on any atom is -0.394 e. The molecule has 0 spiro atoms. The Labute approximate surface area is 120 Å². The molecule has 1 unspecified atom stereocenters. The fourth-order valence-corrected chi connectivity index (χ4v) is 2.10. The molecule has 9 heteroatoms. The van der Waals surface area contributed by atoms with Crippen LogP contribution in [0.1, 0.15) is 6.92 Å². The first kappa shape index (κ1) is 14.7. The van der Waals surface area contributed by atoms with E-state index in [4.69, 9.17) is 5.11 Å². The van der Waals surface area contributed by atoms with Crippen molar-refractivity contribution in [3.05, 3.63) is 18.5 Å². The van der Waals surface area contributed by atoms with Gasteiger partial charge in [0.2, 0.25) is 5.95 Å². The van der Waals surface area contributed by atoms with E-state index in [1.807, 2.05) is 6.92 Å². The molecule has 0 saturated carbocycles. The number of hydrogen-bond acceptors (Lipinski definition) is 8. The Morgan fingerprint density at radius 3 is 2.90 bits per heavy atom. The highest BCUT2D eigenvalue weighted by molar-refractivity contribution is 7.99. The zero-order valence-electron chi connectivity index (χ0n) is 11.0. The third-order valence-electron chi connectivity index (χ3n) is 2.26. The lowest BCUT2D eigenvalue weighted by Crippen LogP contribution is -2.15. The Morgan fingerprint density at radius 2 is 2.25 bits per heavy atom. The zero-order chi connectivity index (χ0) is 14.4. The third kappa shape index (κ3) is 3.89. The minimum absolute atomic E-state index is 0.288. The lowest BCUT2D eigenvalue weighted by atomic mass is 10.4. The van der Waals surface area contributed by atoms with E-state index in [0.717, 1.165) is 0 Å². The molecule has 20 heavy (non-hydrogen) atoms. The van der Waals surface area contributed by atoms with Crippen LogP contribution in [0, 0.1) is 0 Å². The highest BCUT2D eigenvalue weighted by Crippen LogP contribution is 2.17. The molecule has 8 nitrogen and oxygen atoms in total. The normalized spacial score (nSPS) is 12.3. The summed E-state index contributed by atoms with van der Waals surface area (Å²) in [4.78, 5) is 12.8. The number of nitrogens with one attached hydrogen (secondary N) is 1. The zero-order valence-corrected chi connectivity index (χ0v) is 11.8. The topological polar surface area (TPSA) is 109 Å². The van der Waals surface area contributed by atoms with Gasteiger partial charge >= 0.3 is 0 Å². The van der Waals surface area contributed by atoms with E-state index in [0.29, 0.717) is 29.4 Å². The molecule has 0 amide bonds. The molecule has 1 atom stereocenters. The predicted octanol–water partition coefficient (Wildman–Crippen LogP) is -0.0656. The number of aromatic nitrogens is 5. The van der Waals surface area contributed by atoms with Gasteiger partial charge in [0.05, 0.1) is 12.7 Å². The molecule has 0 bridgehead atoms. The number of hydrogen-bond donors (Lipinski definition) is 3. The van der Waals surface area contributed by atoms with Crippen LogP contribution in [0.5, 0.6) is 0 Å². The van der Waals surface area contributed by atoms with E-state index >= 15 is 0 Å². The van der Waals surface area contributed by atoms with Crippen LogP contribution in [0.15, 0.2) is 23.6 Å². The van der Waals surface area contributed by atoms with Crippen molar-refractivity contribution in [1.29, 1.82) is 0 Å². The van der Waals surface area contributed by atoms with Crippen LogP contribution >= 0.6 is 11.8 Å². The maximum atomic E-state index is 9.37. The van der Waals surface area contributed by atoms with Crippen molar-refractivity contribution in [3.63, 3.8) is 0 Å². The summed E-state index contributed by atoms with van der Waals surface area (Å²) >= 11 is 1.25. The standard InChI is InChI=1S/C11H16N6O2S/c1-2-12-9-14-10(17-5-3-4-13-17)16-11(15-9)20-7-8(19)6-18/h3-5,8,18-19H,2,6-7H2,1H3,(H,12,14,15,16). The van der Waals surface area contributed by atoms with Gasteiger partial charge in [0.25, 0.3) is 5.95 Å². The molecule has 2 aromatic heterocycles. The maximum Gasteiger partial charge on any atom is 0.256 e. The first-order valence-electron chi connectivity index (χ1n) is 6.14. The van der Waals surface area contributed by atoms with Crippen molar-refractivity contribution in [2.75, 3.05) is 24.2 Å². The molecule has 0 fully saturated rings. The summed E-state index contributed by atoms with van der Waals surface area (Å²) < 4.78 is 1.54. The largest absolute Gasteiger partial charge is 0.394 e. The van der Waals surface area contributed by atoms with Crippen LogP contribution in [0.3, 0.4) is 0 Å². The van der Waals surface area contributed by atoms with Gasteiger partial charge in [-0.05, 0) is 13.0 Å². The third-order valence-corrected chi connectivity index (χ3v) is 3.26. The van der Waals surface area contributed by atoms with E-state index in [2.05, 4.69) is 25.4 Å². The van der Waals surface area contributed by atoms with Gasteiger partial charge in [-0.1, -0.05) is 11.8 Å². The van der Waals surface area contributed by atoms with Gasteiger partial charge in [0.1, 0.15) is 0 Å². The molecule has 0 aliphatic carbocycles. The maximum absolute atomic E-state index is 9.37. The van der Waals surface area contributed by atoms with E-state index in [9.17, 15) is 5.11 Å². The van der Waals surface area contributed by atoms with Gasteiger partial charge in [0, 0.05) is 24.7 Å². The van der Waals surface area contributed by atoms with Crippen LogP contribution in [-0.4, -0.2) is 60.0 Å². The van der Waals surface area contributed by atoms with E-state index in [1.165, 1.54) is 16.4 Å². The molecule has 2 aromatic rings. The summed E-state index contributed by atoms with van der Waals surface area (Å²) in [6, 6.07) is 1.78. The summed E-state index contributed by atoms with van der Waals surface area (Å²) in [5.74, 6) is 1.17. The van der Waals surface area contributed by atoms with Gasteiger partial charge in [-0.2, -0.15) is 20.1 Å². The Bertz CT molecular complexity index is 536. The van der Waals surface area contributed by atoms with Crippen molar-refractivity contribution >= 4 is 17.7 Å². The summed E-state index contributed by atoms with van der Waals surface area (Å²) in [7, 11) is 0. The Hall–Kier alpha value is -1.71. The summed E-state index contributed by atoms with van der Waals surface area (Å²) in [6.45, 7) is 2.34. The minimum atomic E-state index is -0.799. The monoisotopic (exact) mass is 296 g/mol. The van der Waals surface area contributed by atoms with Crippen LogP contribution < -0.4 is 5.32 Å². The van der Waals surface area contributed by atoms with Crippen molar-refractivity contribution in [1.82, 2.24) is 24.7 Å². The molecule has 0 saturated heterocycles. The lowest BCUT2D eigenvalue weighted by Gasteiger charge is -2.09. The van der Waals surface area contributed by atoms with Gasteiger partial charge < -0.3 is 15.5 Å². The van der Waals surface area contributed by atoms with Gasteiger partial charge in [-0.25, -0.2) is 4.68 Å². The van der Waals surface area contributed by atoms with Crippen LogP contribution in [0.4, 0.5) is 5.95 Å². The number of nitrogens with zero attached hydrogens (tertiary/aromatic N) is 5. The number of anilines is 1. The molecule has 0 radical (unpaired) electrons. The summed E-state index contributed by atoms with van der Waals surface area (Å²) in [6.07, 6.45) is 2.58. The number of thioether (sulfide) groups is 1. The molecule has 108 valence electrons. The Morgan fingerprint density at radius 1 is 1.40 bits per heavy atom. The second kappa shape index (κ2) is 7.17. The van der Waals surface area contributed by atoms with Gasteiger partial charge in [-0.15, -0.1) is 0 Å². The molecule has 2 rings (SSSR count). The highest BCUT2D eigenvalue weighted by Gasteiger charge is 2.10. The lowest BCUT2D eigenvalue weighted by molar-refractivity contribution is 0.113. The number of aliphatic hydroxyl groups is 2. The first-order chi connectivity index (χ1) is 9.72. The van der Waals surface area contributed by atoms with E-state index in [-0.39, 0.29) is 6.61 Å². The smallest absolute Gasteiger partial charge is 0.256 e. The summed E-state index contributed by atoms with van der Waals surface area (Å²) in [5, 5.41) is 25.8. The number of aliphatic hydroxyl groups excluding tert-OH is 2. The molecule has 0 aliphatic heterocycles. The fraction of sp³-hybridized carbons (Fsp3) is 0.455. The highest BCUT2D eigenvalue weighted by atomic mass is 32.2. The van der Waals surface area contributed by atoms with Gasteiger partial charge in [-0.3, -0.25) is 0 Å². The molecule has 0 aliphatic rings. The second-order valence-corrected chi connectivity index (χ2v) is 4.86. The summed E-state index contributed by atoms with van der Waals surface area (Å²) in [5.41, 5.74) is 0. The average molecular weight is 296 g/mol.